The van der Waals surface area contributed by atoms with Gasteiger partial charge in [-0.1, -0.05) is 6.07 Å². The fourth-order valence-corrected chi connectivity index (χ4v) is 3.67. The van der Waals surface area contributed by atoms with Crippen molar-refractivity contribution in [1.29, 1.82) is 5.26 Å². The minimum Gasteiger partial charge on any atom is -0.423 e. The average Bonchev–Trinajstić information content (AvgIpc) is 3.33. The molecule has 26 heavy (non-hydrogen) atoms. The molecule has 2 aliphatic rings. The van der Waals surface area contributed by atoms with Crippen molar-refractivity contribution < 1.29 is 14.5 Å². The molecule has 4 rings (SSSR count). The van der Waals surface area contributed by atoms with Crippen LogP contribution in [0.3, 0.4) is 0 Å². The fraction of sp³-hybridized carbons (Fsp3) is 0.353. The summed E-state index contributed by atoms with van der Waals surface area (Å²) in [5.41, 5.74) is 8.06. The first kappa shape index (κ1) is 16.6. The van der Waals surface area contributed by atoms with Gasteiger partial charge in [0, 0.05) is 11.9 Å². The fourth-order valence-electron chi connectivity index (χ4n) is 3.67. The van der Waals surface area contributed by atoms with E-state index in [-0.39, 0.29) is 17.5 Å². The third kappa shape index (κ3) is 2.83. The number of aromatic nitrogens is 2. The quantitative estimate of drug-likeness (QED) is 0.700. The zero-order valence-electron chi connectivity index (χ0n) is 14.1. The van der Waals surface area contributed by atoms with Gasteiger partial charge in [-0.05, 0) is 42.4 Å². The Hall–Kier alpha value is -2.83. The highest BCUT2D eigenvalue weighted by Crippen LogP contribution is 2.36. The van der Waals surface area contributed by atoms with Crippen molar-refractivity contribution in [2.45, 2.75) is 31.9 Å². The van der Waals surface area contributed by atoms with E-state index in [1.54, 1.807) is 16.9 Å². The van der Waals surface area contributed by atoms with Crippen molar-refractivity contribution in [3.8, 4) is 6.07 Å². The molecule has 132 valence electrons. The highest BCUT2D eigenvalue weighted by Gasteiger charge is 2.31. The van der Waals surface area contributed by atoms with Gasteiger partial charge < -0.3 is 20.7 Å². The van der Waals surface area contributed by atoms with Crippen LogP contribution in [0.1, 0.15) is 41.2 Å². The number of hydrogen-bond acceptors (Lipinski definition) is 6. The number of carbonyl (C=O) groups excluding carboxylic acids is 1. The molecular formula is C17H18BN5O3. The molecule has 2 aromatic rings. The second-order valence-electron chi connectivity index (χ2n) is 6.67. The summed E-state index contributed by atoms with van der Waals surface area (Å²) in [4.78, 5) is 11.8. The Morgan fingerprint density at radius 1 is 1.50 bits per heavy atom. The lowest BCUT2D eigenvalue weighted by Crippen LogP contribution is -2.28. The number of amides is 1. The van der Waals surface area contributed by atoms with Gasteiger partial charge >= 0.3 is 7.12 Å². The molecule has 1 aromatic carbocycles. The van der Waals surface area contributed by atoms with E-state index in [0.29, 0.717) is 23.6 Å². The summed E-state index contributed by atoms with van der Waals surface area (Å²) >= 11 is 0. The molecular weight excluding hydrogens is 333 g/mol. The third-order valence-corrected chi connectivity index (χ3v) is 5.05. The van der Waals surface area contributed by atoms with Crippen LogP contribution in [0.25, 0.3) is 0 Å². The summed E-state index contributed by atoms with van der Waals surface area (Å²) in [5, 5.41) is 26.7. The molecule has 1 fully saturated rings. The smallest absolute Gasteiger partial charge is 0.423 e. The Balaban J connectivity index is 1.65. The largest absolute Gasteiger partial charge is 0.491 e. The summed E-state index contributed by atoms with van der Waals surface area (Å²) in [6, 6.07) is 7.72. The van der Waals surface area contributed by atoms with Crippen molar-refractivity contribution in [1.82, 2.24) is 9.78 Å². The van der Waals surface area contributed by atoms with Gasteiger partial charge in [-0.3, -0.25) is 9.48 Å². The van der Waals surface area contributed by atoms with Crippen LogP contribution in [0, 0.1) is 17.2 Å². The zero-order valence-corrected chi connectivity index (χ0v) is 14.1. The van der Waals surface area contributed by atoms with Crippen molar-refractivity contribution in [2.24, 2.45) is 11.7 Å². The predicted octanol–water partition coefficient (Wildman–Crippen LogP) is 0.808. The van der Waals surface area contributed by atoms with E-state index < -0.39 is 13.0 Å². The van der Waals surface area contributed by atoms with Gasteiger partial charge in [-0.15, -0.1) is 0 Å². The number of primary amides is 1. The van der Waals surface area contributed by atoms with Gasteiger partial charge in [-0.2, -0.15) is 10.4 Å². The summed E-state index contributed by atoms with van der Waals surface area (Å²) < 4.78 is 6.86. The van der Waals surface area contributed by atoms with Crippen LogP contribution in [0.5, 0.6) is 0 Å². The Bertz CT molecular complexity index is 906. The Morgan fingerprint density at radius 3 is 3.12 bits per heavy atom. The molecule has 0 saturated heterocycles. The number of rotatable bonds is 4. The van der Waals surface area contributed by atoms with E-state index in [1.165, 1.54) is 0 Å². The third-order valence-electron chi connectivity index (χ3n) is 5.05. The predicted molar refractivity (Wildman–Crippen MR) is 94.9 cm³/mol. The monoisotopic (exact) mass is 351 g/mol. The molecule has 8 nitrogen and oxygen atoms in total. The van der Waals surface area contributed by atoms with Gasteiger partial charge in [0.15, 0.2) is 5.82 Å². The lowest BCUT2D eigenvalue weighted by Gasteiger charge is -2.13. The molecule has 0 unspecified atom stereocenters. The molecule has 1 amide bonds. The van der Waals surface area contributed by atoms with Crippen molar-refractivity contribution in [3.63, 3.8) is 0 Å². The lowest BCUT2D eigenvalue weighted by molar-refractivity contribution is 0.100. The highest BCUT2D eigenvalue weighted by atomic mass is 16.5. The van der Waals surface area contributed by atoms with Gasteiger partial charge in [0.2, 0.25) is 0 Å². The van der Waals surface area contributed by atoms with E-state index in [4.69, 9.17) is 10.4 Å². The van der Waals surface area contributed by atoms with Crippen LogP contribution in [-0.4, -0.2) is 27.8 Å². The molecule has 0 bridgehead atoms. The second kappa shape index (κ2) is 6.48. The van der Waals surface area contributed by atoms with Crippen LogP contribution in [-0.2, 0) is 11.3 Å². The number of hydrogen-bond donors (Lipinski definition) is 3. The molecule has 1 aliphatic heterocycles. The zero-order chi connectivity index (χ0) is 18.3. The number of carbonyl (C=O) groups is 1. The highest BCUT2D eigenvalue weighted by molar-refractivity contribution is 6.61. The van der Waals surface area contributed by atoms with Crippen LogP contribution in [0.2, 0.25) is 0 Å². The van der Waals surface area contributed by atoms with E-state index in [0.717, 1.165) is 24.8 Å². The number of fused-ring (bicyclic) bond motifs is 1. The first-order chi connectivity index (χ1) is 12.6. The van der Waals surface area contributed by atoms with E-state index in [1.807, 2.05) is 12.1 Å². The van der Waals surface area contributed by atoms with Gasteiger partial charge in [-0.25, -0.2) is 0 Å². The number of nitrogens with two attached hydrogens (primary N) is 1. The molecule has 1 aliphatic carbocycles. The minimum absolute atomic E-state index is 0.0520. The molecule has 0 spiro atoms. The van der Waals surface area contributed by atoms with Crippen LogP contribution in [0.15, 0.2) is 24.4 Å². The van der Waals surface area contributed by atoms with Crippen molar-refractivity contribution in [3.05, 3.63) is 35.5 Å². The van der Waals surface area contributed by atoms with E-state index in [9.17, 15) is 15.1 Å². The minimum atomic E-state index is -0.949. The number of nitriles is 1. The SMILES string of the molecule is N#C[C@@H]1CCC[C@H]1n1cc(C(N)=O)c(Nc2ccc3c(c2)B(O)OC3)n1. The van der Waals surface area contributed by atoms with E-state index in [2.05, 4.69) is 16.5 Å². The summed E-state index contributed by atoms with van der Waals surface area (Å²) in [6.45, 7) is 0.370. The van der Waals surface area contributed by atoms with Gasteiger partial charge in [0.1, 0.15) is 5.56 Å². The summed E-state index contributed by atoms with van der Waals surface area (Å²) in [5.74, 6) is -0.361. The van der Waals surface area contributed by atoms with Crippen molar-refractivity contribution in [2.75, 3.05) is 5.32 Å². The number of anilines is 2. The number of nitrogens with zero attached hydrogens (tertiary/aromatic N) is 3. The molecule has 2 heterocycles. The molecule has 4 N–H and O–H groups in total. The molecule has 0 radical (unpaired) electrons. The standard InChI is InChI=1S/C17H18BN5O3/c19-7-10-2-1-3-15(10)23-8-13(16(20)24)17(22-23)21-12-5-4-11-9-26-18(25)14(11)6-12/h4-6,8,10,15,25H,1-3,9H2,(H2,20,24)(H,21,22)/t10-,15+/m0/s1. The van der Waals surface area contributed by atoms with Gasteiger partial charge in [0.05, 0.1) is 24.6 Å². The maximum absolute atomic E-state index is 11.8. The second-order valence-corrected chi connectivity index (χ2v) is 6.67. The molecule has 1 saturated carbocycles. The normalized spacial score (nSPS) is 21.5. The first-order valence-electron chi connectivity index (χ1n) is 8.55. The first-order valence-corrected chi connectivity index (χ1v) is 8.55. The maximum atomic E-state index is 11.8. The summed E-state index contributed by atoms with van der Waals surface area (Å²) in [6.07, 6.45) is 4.24. The topological polar surface area (TPSA) is 126 Å². The summed E-state index contributed by atoms with van der Waals surface area (Å²) in [7, 11) is -0.949. The van der Waals surface area contributed by atoms with Crippen LogP contribution < -0.4 is 16.5 Å². The lowest BCUT2D eigenvalue weighted by atomic mass is 9.79. The Morgan fingerprint density at radius 2 is 2.35 bits per heavy atom. The number of benzene rings is 1. The molecule has 1 aromatic heterocycles. The maximum Gasteiger partial charge on any atom is 0.491 e. The van der Waals surface area contributed by atoms with Crippen LogP contribution >= 0.6 is 0 Å². The average molecular weight is 351 g/mol. The molecule has 9 heteroatoms. The number of nitrogens with one attached hydrogen (secondary N) is 1. The van der Waals surface area contributed by atoms with E-state index >= 15 is 0 Å². The van der Waals surface area contributed by atoms with Gasteiger partial charge in [0.25, 0.3) is 5.91 Å². The Labute approximate surface area is 150 Å². The van der Waals surface area contributed by atoms with Crippen molar-refractivity contribution >= 4 is 30.0 Å². The Kier molecular flexibility index (Phi) is 4.14. The molecule has 2 atom stereocenters. The van der Waals surface area contributed by atoms with Crippen LogP contribution in [0.4, 0.5) is 11.5 Å².